The maximum atomic E-state index is 12.3. The van der Waals surface area contributed by atoms with Crippen molar-refractivity contribution < 1.29 is 8.63 Å². The van der Waals surface area contributed by atoms with Gasteiger partial charge < -0.3 is 0 Å². The van der Waals surface area contributed by atoms with Gasteiger partial charge in [0.05, 0.1) is 0 Å². The quantitative estimate of drug-likeness (QED) is 0.674. The van der Waals surface area contributed by atoms with E-state index in [1.54, 1.807) is 36.4 Å². The first-order chi connectivity index (χ1) is 9.15. The molecule has 0 saturated heterocycles. The van der Waals surface area contributed by atoms with Crippen molar-refractivity contribution >= 4 is 41.4 Å². The first kappa shape index (κ1) is 12.5. The SMILES string of the molecule is O=C(c1ccc(Cl)cc1)c1ccc2c(c1)[Se](=O)CN2. The summed E-state index contributed by atoms with van der Waals surface area (Å²) in [6.07, 6.45) is 0. The van der Waals surface area contributed by atoms with Gasteiger partial charge in [-0.05, 0) is 0 Å². The zero-order valence-corrected chi connectivity index (χ0v) is 12.3. The molecule has 1 atom stereocenters. The molecule has 0 saturated carbocycles. The van der Waals surface area contributed by atoms with Crippen molar-refractivity contribution in [3.8, 4) is 0 Å². The van der Waals surface area contributed by atoms with Crippen molar-refractivity contribution in [2.24, 2.45) is 0 Å². The van der Waals surface area contributed by atoms with Gasteiger partial charge in [0.15, 0.2) is 0 Å². The van der Waals surface area contributed by atoms with Crippen LogP contribution >= 0.6 is 11.6 Å². The Balaban J connectivity index is 1.99. The van der Waals surface area contributed by atoms with E-state index in [2.05, 4.69) is 5.32 Å². The molecule has 1 heterocycles. The molecule has 2 aromatic rings. The molecule has 1 aliphatic heterocycles. The monoisotopic (exact) mass is 339 g/mol. The van der Waals surface area contributed by atoms with E-state index < -0.39 is 13.8 Å². The molecular formula is C14H10ClNO2Se. The van der Waals surface area contributed by atoms with Crippen molar-refractivity contribution in [1.29, 1.82) is 0 Å². The Morgan fingerprint density at radius 2 is 1.79 bits per heavy atom. The topological polar surface area (TPSA) is 46.2 Å². The average Bonchev–Trinajstić information content (AvgIpc) is 2.80. The number of fused-ring (bicyclic) bond motifs is 1. The third-order valence-electron chi connectivity index (χ3n) is 2.99. The predicted molar refractivity (Wildman–Crippen MR) is 75.9 cm³/mol. The van der Waals surface area contributed by atoms with Crippen LogP contribution in [-0.2, 0) is 3.83 Å². The van der Waals surface area contributed by atoms with E-state index in [0.29, 0.717) is 21.6 Å². The molecule has 0 fully saturated rings. The summed E-state index contributed by atoms with van der Waals surface area (Å²) in [5, 5.41) is 3.68. The van der Waals surface area contributed by atoms with Crippen LogP contribution in [0, 0.1) is 0 Å². The van der Waals surface area contributed by atoms with Gasteiger partial charge in [0.25, 0.3) is 0 Å². The van der Waals surface area contributed by atoms with Gasteiger partial charge in [-0.25, -0.2) is 0 Å². The molecule has 0 spiro atoms. The van der Waals surface area contributed by atoms with Crippen LogP contribution in [0.2, 0.25) is 5.02 Å². The van der Waals surface area contributed by atoms with E-state index in [4.69, 9.17) is 11.6 Å². The summed E-state index contributed by atoms with van der Waals surface area (Å²) in [6.45, 7) is 0. The van der Waals surface area contributed by atoms with Crippen LogP contribution in [-0.4, -0.2) is 25.1 Å². The van der Waals surface area contributed by atoms with Crippen molar-refractivity contribution in [3.63, 3.8) is 0 Å². The van der Waals surface area contributed by atoms with Crippen molar-refractivity contribution in [1.82, 2.24) is 0 Å². The van der Waals surface area contributed by atoms with Crippen LogP contribution in [0.3, 0.4) is 0 Å². The number of hydrogen-bond acceptors (Lipinski definition) is 3. The molecule has 2 aromatic carbocycles. The molecular weight excluding hydrogens is 329 g/mol. The number of anilines is 1. The van der Waals surface area contributed by atoms with E-state index in [1.165, 1.54) is 0 Å². The number of benzene rings is 2. The van der Waals surface area contributed by atoms with Gasteiger partial charge in [-0.1, -0.05) is 0 Å². The third kappa shape index (κ3) is 2.35. The van der Waals surface area contributed by atoms with Gasteiger partial charge in [-0.15, -0.1) is 0 Å². The third-order valence-corrected chi connectivity index (χ3v) is 5.83. The zero-order valence-electron chi connectivity index (χ0n) is 9.85. The van der Waals surface area contributed by atoms with Crippen LogP contribution in [0.5, 0.6) is 0 Å². The summed E-state index contributed by atoms with van der Waals surface area (Å²) in [6, 6.07) is 12.1. The molecule has 19 heavy (non-hydrogen) atoms. The second-order valence-corrected chi connectivity index (χ2v) is 7.63. The Bertz CT molecular complexity index is 682. The molecule has 3 rings (SSSR count). The van der Waals surface area contributed by atoms with Gasteiger partial charge in [0.2, 0.25) is 0 Å². The Morgan fingerprint density at radius 1 is 1.11 bits per heavy atom. The standard InChI is InChI=1S/C14H10ClNO2Se/c15-11-4-1-9(2-5-11)14(17)10-3-6-12-13(7-10)19(18)8-16-12/h1-7,16H,8H2. The molecule has 3 nitrogen and oxygen atoms in total. The number of carbonyl (C=O) groups excluding carboxylic acids is 1. The second-order valence-electron chi connectivity index (χ2n) is 4.21. The van der Waals surface area contributed by atoms with Gasteiger partial charge in [0.1, 0.15) is 0 Å². The van der Waals surface area contributed by atoms with Crippen LogP contribution in [0.1, 0.15) is 15.9 Å². The van der Waals surface area contributed by atoms with Crippen LogP contribution in [0.4, 0.5) is 5.69 Å². The van der Waals surface area contributed by atoms with E-state index in [9.17, 15) is 8.63 Å². The predicted octanol–water partition coefficient (Wildman–Crippen LogP) is 2.16. The molecule has 1 unspecified atom stereocenters. The maximum absolute atomic E-state index is 12.3. The molecule has 5 heteroatoms. The number of carbonyl (C=O) groups is 1. The van der Waals surface area contributed by atoms with E-state index in [-0.39, 0.29) is 5.78 Å². The van der Waals surface area contributed by atoms with Crippen LogP contribution in [0.15, 0.2) is 42.5 Å². The summed E-state index contributed by atoms with van der Waals surface area (Å²) in [5.74, 6) is -0.0785. The number of ketones is 1. The summed E-state index contributed by atoms with van der Waals surface area (Å²) >= 11 is 3.78. The molecule has 0 amide bonds. The Hall–Kier alpha value is -1.48. The first-order valence-corrected chi connectivity index (χ1v) is 8.86. The zero-order chi connectivity index (χ0) is 13.4. The number of rotatable bonds is 2. The summed E-state index contributed by atoms with van der Waals surface area (Å²) in [7, 11) is 0. The number of nitrogens with one attached hydrogen (secondary N) is 1. The van der Waals surface area contributed by atoms with Gasteiger partial charge in [0, 0.05) is 0 Å². The molecule has 0 aliphatic carbocycles. The molecule has 96 valence electrons. The molecule has 1 aliphatic rings. The van der Waals surface area contributed by atoms with Crippen LogP contribution in [0.25, 0.3) is 0 Å². The first-order valence-electron chi connectivity index (χ1n) is 5.72. The fourth-order valence-corrected chi connectivity index (χ4v) is 4.39. The summed E-state index contributed by atoms with van der Waals surface area (Å²) in [5.41, 5.74) is 2.54. The number of halogens is 1. The molecule has 0 radical (unpaired) electrons. The minimum absolute atomic E-state index is 0.0785. The van der Waals surface area contributed by atoms with Gasteiger partial charge in [-0.2, -0.15) is 0 Å². The van der Waals surface area contributed by atoms with Crippen molar-refractivity contribution in [3.05, 3.63) is 58.6 Å². The summed E-state index contributed by atoms with van der Waals surface area (Å²) in [4.78, 5) is 12.3. The number of hydrogen-bond donors (Lipinski definition) is 1. The Morgan fingerprint density at radius 3 is 2.53 bits per heavy atom. The van der Waals surface area contributed by atoms with E-state index in [0.717, 1.165) is 10.1 Å². The molecule has 1 N–H and O–H groups in total. The Kier molecular flexibility index (Phi) is 3.23. The minimum atomic E-state index is -2.02. The normalized spacial score (nSPS) is 16.8. The fourth-order valence-electron chi connectivity index (χ4n) is 1.99. The fraction of sp³-hybridized carbons (Fsp3) is 0.0714. The average molecular weight is 339 g/mol. The van der Waals surface area contributed by atoms with E-state index in [1.807, 2.05) is 6.07 Å². The van der Waals surface area contributed by atoms with Crippen LogP contribution < -0.4 is 9.78 Å². The van der Waals surface area contributed by atoms with Gasteiger partial charge >= 0.3 is 119 Å². The molecule has 0 aromatic heterocycles. The van der Waals surface area contributed by atoms with E-state index >= 15 is 0 Å². The molecule has 0 bridgehead atoms. The second kappa shape index (κ2) is 4.89. The summed E-state index contributed by atoms with van der Waals surface area (Å²) < 4.78 is 12.6. The van der Waals surface area contributed by atoms with Crippen molar-refractivity contribution in [2.75, 3.05) is 10.8 Å². The van der Waals surface area contributed by atoms with Crippen molar-refractivity contribution in [2.45, 2.75) is 0 Å². The van der Waals surface area contributed by atoms with Gasteiger partial charge in [-0.3, -0.25) is 0 Å². The Labute approximate surface area is 119 Å².